The third-order valence-electron chi connectivity index (χ3n) is 4.13. The van der Waals surface area contributed by atoms with Crippen molar-refractivity contribution in [2.45, 2.75) is 19.6 Å². The second-order valence-corrected chi connectivity index (χ2v) is 6.29. The first-order chi connectivity index (χ1) is 13.7. The van der Waals surface area contributed by atoms with E-state index in [1.807, 2.05) is 35.9 Å². The molecule has 154 valence electrons. The van der Waals surface area contributed by atoms with E-state index < -0.39 is 0 Å². The highest BCUT2D eigenvalue weighted by molar-refractivity contribution is 14.0. The Balaban J connectivity index is 0.00000300. The van der Waals surface area contributed by atoms with Gasteiger partial charge in [-0.25, -0.2) is 9.37 Å². The van der Waals surface area contributed by atoms with E-state index >= 15 is 0 Å². The van der Waals surface area contributed by atoms with Gasteiger partial charge in [0.15, 0.2) is 5.96 Å². The monoisotopic (exact) mass is 509 g/mol. The fourth-order valence-electron chi connectivity index (χ4n) is 2.77. The summed E-state index contributed by atoms with van der Waals surface area (Å²) in [5.41, 5.74) is 2.18. The second kappa shape index (κ2) is 11.4. The number of aliphatic imine (C=N–C) groups is 1. The van der Waals surface area contributed by atoms with Crippen LogP contribution in [0.5, 0.6) is 5.75 Å². The molecule has 3 aromatic rings. The summed E-state index contributed by atoms with van der Waals surface area (Å²) >= 11 is 0. The molecule has 3 rings (SSSR count). The van der Waals surface area contributed by atoms with Crippen LogP contribution in [0.1, 0.15) is 12.5 Å². The van der Waals surface area contributed by atoms with Gasteiger partial charge < -0.3 is 19.9 Å². The van der Waals surface area contributed by atoms with Gasteiger partial charge in [0.2, 0.25) is 0 Å². The first-order valence-corrected chi connectivity index (χ1v) is 9.08. The normalized spacial score (nSPS) is 12.0. The van der Waals surface area contributed by atoms with E-state index in [2.05, 4.69) is 26.7 Å². The van der Waals surface area contributed by atoms with Crippen molar-refractivity contribution in [3.8, 4) is 11.4 Å². The number of hydrogen-bond donors (Lipinski definition) is 2. The molecule has 0 saturated carbocycles. The minimum atomic E-state index is -0.313. The summed E-state index contributed by atoms with van der Waals surface area (Å²) in [6, 6.07) is 14.2. The summed E-state index contributed by atoms with van der Waals surface area (Å²) in [5.74, 6) is 0.855. The number of nitrogens with one attached hydrogen (secondary N) is 2. The Hall–Kier alpha value is -2.62. The number of imidazole rings is 1. The topological polar surface area (TPSA) is 63.5 Å². The van der Waals surface area contributed by atoms with Gasteiger partial charge in [-0.15, -0.1) is 24.0 Å². The molecule has 0 amide bonds. The Labute approximate surface area is 187 Å². The fraction of sp³-hybridized carbons (Fsp3) is 0.238. The zero-order valence-electron chi connectivity index (χ0n) is 16.4. The van der Waals surface area contributed by atoms with Crippen LogP contribution >= 0.6 is 24.0 Å². The molecule has 2 N–H and O–H groups in total. The van der Waals surface area contributed by atoms with Crippen molar-refractivity contribution in [3.63, 3.8) is 0 Å². The van der Waals surface area contributed by atoms with Crippen LogP contribution in [0.3, 0.4) is 0 Å². The molecule has 8 heteroatoms. The molecule has 0 bridgehead atoms. The lowest BCUT2D eigenvalue weighted by Gasteiger charge is -2.18. The van der Waals surface area contributed by atoms with E-state index in [1.54, 1.807) is 31.7 Å². The molecule has 6 nitrogen and oxygen atoms in total. The minimum Gasteiger partial charge on any atom is -0.489 e. The molecule has 0 spiro atoms. The molecular weight excluding hydrogens is 484 g/mol. The Bertz CT molecular complexity index is 917. The van der Waals surface area contributed by atoms with Crippen LogP contribution in [0.2, 0.25) is 0 Å². The lowest BCUT2D eigenvalue weighted by molar-refractivity contribution is 0.223. The van der Waals surface area contributed by atoms with Crippen molar-refractivity contribution >= 4 is 29.9 Å². The fourth-order valence-corrected chi connectivity index (χ4v) is 2.77. The Morgan fingerprint density at radius 2 is 2.03 bits per heavy atom. The van der Waals surface area contributed by atoms with Crippen molar-refractivity contribution in [1.29, 1.82) is 0 Å². The largest absolute Gasteiger partial charge is 0.489 e. The van der Waals surface area contributed by atoms with Gasteiger partial charge in [0.05, 0.1) is 18.6 Å². The van der Waals surface area contributed by atoms with E-state index in [9.17, 15) is 4.39 Å². The average molecular weight is 509 g/mol. The quantitative estimate of drug-likeness (QED) is 0.289. The molecular formula is C21H25FIN5O. The Morgan fingerprint density at radius 3 is 2.76 bits per heavy atom. The molecule has 29 heavy (non-hydrogen) atoms. The number of hydrogen-bond acceptors (Lipinski definition) is 3. The molecule has 0 aliphatic carbocycles. The lowest BCUT2D eigenvalue weighted by atomic mass is 10.1. The van der Waals surface area contributed by atoms with E-state index in [1.165, 1.54) is 12.1 Å². The molecule has 1 unspecified atom stereocenters. The third kappa shape index (κ3) is 6.74. The molecule has 1 aromatic heterocycles. The first kappa shape index (κ1) is 22.7. The Morgan fingerprint density at radius 1 is 1.21 bits per heavy atom. The van der Waals surface area contributed by atoms with Crippen LogP contribution in [0.15, 0.2) is 72.2 Å². The standard InChI is InChI=1S/C21H24FN5O.HI/c1-16(28-19-8-5-7-18(22)12-19)13-25-21(23-2)26-14-17-6-3-4-9-20(17)27-11-10-24-15-27;/h3-12,15-16H,13-14H2,1-2H3,(H2,23,25,26);1H. The molecule has 0 fully saturated rings. The van der Waals surface area contributed by atoms with Crippen molar-refractivity contribution < 1.29 is 9.13 Å². The highest BCUT2D eigenvalue weighted by Crippen LogP contribution is 2.14. The average Bonchev–Trinajstić information content (AvgIpc) is 3.23. The van der Waals surface area contributed by atoms with E-state index in [4.69, 9.17) is 4.74 Å². The first-order valence-electron chi connectivity index (χ1n) is 9.08. The van der Waals surface area contributed by atoms with Crippen LogP contribution in [0, 0.1) is 5.82 Å². The number of guanidine groups is 1. The number of nitrogens with zero attached hydrogens (tertiary/aromatic N) is 3. The van der Waals surface area contributed by atoms with Crippen molar-refractivity contribution in [3.05, 3.63) is 78.6 Å². The lowest BCUT2D eigenvalue weighted by Crippen LogP contribution is -2.41. The maximum atomic E-state index is 13.3. The van der Waals surface area contributed by atoms with E-state index in [0.717, 1.165) is 11.3 Å². The van der Waals surface area contributed by atoms with Gasteiger partial charge in [0.1, 0.15) is 17.7 Å². The third-order valence-corrected chi connectivity index (χ3v) is 4.13. The molecule has 0 aliphatic heterocycles. The van der Waals surface area contributed by atoms with Gasteiger partial charge in [0.25, 0.3) is 0 Å². The summed E-state index contributed by atoms with van der Waals surface area (Å²) in [5, 5.41) is 6.54. The van der Waals surface area contributed by atoms with Crippen LogP contribution in [0.25, 0.3) is 5.69 Å². The van der Waals surface area contributed by atoms with Crippen LogP contribution in [0.4, 0.5) is 4.39 Å². The highest BCUT2D eigenvalue weighted by Gasteiger charge is 2.08. The number of para-hydroxylation sites is 1. The van der Waals surface area contributed by atoms with Crippen molar-refractivity contribution in [2.24, 2.45) is 4.99 Å². The van der Waals surface area contributed by atoms with E-state index in [-0.39, 0.29) is 35.9 Å². The summed E-state index contributed by atoms with van der Waals surface area (Å²) in [6.45, 7) is 3.05. The summed E-state index contributed by atoms with van der Waals surface area (Å²) in [6.07, 6.45) is 5.29. The summed E-state index contributed by atoms with van der Waals surface area (Å²) < 4.78 is 21.0. The molecule has 1 atom stereocenters. The van der Waals surface area contributed by atoms with Gasteiger partial charge in [-0.3, -0.25) is 4.99 Å². The SMILES string of the molecule is CN=C(NCc1ccccc1-n1ccnc1)NCC(C)Oc1cccc(F)c1.I. The maximum absolute atomic E-state index is 13.3. The Kier molecular flexibility index (Phi) is 8.91. The van der Waals surface area contributed by atoms with Gasteiger partial charge in [-0.2, -0.15) is 0 Å². The van der Waals surface area contributed by atoms with Gasteiger partial charge >= 0.3 is 0 Å². The maximum Gasteiger partial charge on any atom is 0.191 e. The highest BCUT2D eigenvalue weighted by atomic mass is 127. The molecule has 0 radical (unpaired) electrons. The van der Waals surface area contributed by atoms with Crippen molar-refractivity contribution in [1.82, 2.24) is 20.2 Å². The molecule has 1 heterocycles. The predicted molar refractivity (Wildman–Crippen MR) is 124 cm³/mol. The van der Waals surface area contributed by atoms with Crippen molar-refractivity contribution in [2.75, 3.05) is 13.6 Å². The van der Waals surface area contributed by atoms with E-state index in [0.29, 0.717) is 24.8 Å². The molecule has 2 aromatic carbocycles. The predicted octanol–water partition coefficient (Wildman–Crippen LogP) is 3.76. The molecule has 0 aliphatic rings. The number of rotatable bonds is 7. The van der Waals surface area contributed by atoms with Crippen LogP contribution < -0.4 is 15.4 Å². The van der Waals surface area contributed by atoms with Crippen LogP contribution in [-0.2, 0) is 6.54 Å². The van der Waals surface area contributed by atoms with Gasteiger partial charge in [0, 0.05) is 32.1 Å². The zero-order valence-corrected chi connectivity index (χ0v) is 18.7. The zero-order chi connectivity index (χ0) is 19.8. The molecule has 0 saturated heterocycles. The summed E-state index contributed by atoms with van der Waals surface area (Å²) in [7, 11) is 1.72. The van der Waals surface area contributed by atoms with Gasteiger partial charge in [-0.05, 0) is 30.7 Å². The van der Waals surface area contributed by atoms with Crippen LogP contribution in [-0.4, -0.2) is 35.2 Å². The number of halogens is 2. The summed E-state index contributed by atoms with van der Waals surface area (Å²) in [4.78, 5) is 8.36. The second-order valence-electron chi connectivity index (χ2n) is 6.29. The minimum absolute atomic E-state index is 0. The number of ether oxygens (including phenoxy) is 1. The number of benzene rings is 2. The van der Waals surface area contributed by atoms with Gasteiger partial charge in [-0.1, -0.05) is 24.3 Å². The smallest absolute Gasteiger partial charge is 0.191 e. The number of aromatic nitrogens is 2.